The molecule has 100 valence electrons. The number of aryl methyl sites for hydroxylation is 1. The van der Waals surface area contributed by atoms with Gasteiger partial charge in [-0.15, -0.1) is 0 Å². The van der Waals surface area contributed by atoms with Gasteiger partial charge >= 0.3 is 0 Å². The van der Waals surface area contributed by atoms with E-state index in [0.717, 1.165) is 24.0 Å². The topological polar surface area (TPSA) is 72.2 Å². The Morgan fingerprint density at radius 3 is 3.05 bits per heavy atom. The van der Waals surface area contributed by atoms with Crippen LogP contribution >= 0.6 is 0 Å². The quantitative estimate of drug-likeness (QED) is 0.645. The Labute approximate surface area is 111 Å². The molecule has 0 saturated heterocycles. The van der Waals surface area contributed by atoms with E-state index in [-0.39, 0.29) is 5.91 Å². The number of hydrogen-bond acceptors (Lipinski definition) is 4. The van der Waals surface area contributed by atoms with E-state index in [1.165, 1.54) is 6.33 Å². The second kappa shape index (κ2) is 6.08. The van der Waals surface area contributed by atoms with Gasteiger partial charge in [0.05, 0.1) is 0 Å². The number of rotatable bonds is 5. The van der Waals surface area contributed by atoms with E-state index in [2.05, 4.69) is 20.4 Å². The first-order chi connectivity index (χ1) is 9.15. The maximum Gasteiger partial charge on any atom is 0.252 e. The highest BCUT2D eigenvalue weighted by atomic mass is 16.1. The summed E-state index contributed by atoms with van der Waals surface area (Å²) in [6, 6.07) is 0. The fraction of sp³-hybridized carbons (Fsp3) is 0.385. The van der Waals surface area contributed by atoms with Crippen molar-refractivity contribution < 1.29 is 4.79 Å². The first kappa shape index (κ1) is 13.2. The third-order valence-corrected chi connectivity index (χ3v) is 2.55. The molecule has 0 atom stereocenters. The minimum Gasteiger partial charge on any atom is -0.353 e. The molecule has 2 aromatic heterocycles. The van der Waals surface area contributed by atoms with E-state index in [4.69, 9.17) is 0 Å². The maximum atomic E-state index is 11.4. The number of amides is 1. The van der Waals surface area contributed by atoms with Crippen LogP contribution in [0.1, 0.15) is 25.8 Å². The van der Waals surface area contributed by atoms with E-state index < -0.39 is 0 Å². The van der Waals surface area contributed by atoms with Gasteiger partial charge in [-0.1, -0.05) is 5.57 Å². The predicted octanol–water partition coefficient (Wildman–Crippen LogP) is 1.14. The summed E-state index contributed by atoms with van der Waals surface area (Å²) in [5.41, 5.74) is 2.08. The van der Waals surface area contributed by atoms with Crippen molar-refractivity contribution in [3.8, 4) is 0 Å². The van der Waals surface area contributed by atoms with Crippen LogP contribution in [0.3, 0.4) is 0 Å². The highest BCUT2D eigenvalue weighted by Gasteiger charge is 2.00. The molecule has 2 rings (SSSR count). The van der Waals surface area contributed by atoms with Crippen molar-refractivity contribution in [2.45, 2.75) is 26.7 Å². The number of aromatic nitrogens is 4. The highest BCUT2D eigenvalue weighted by molar-refractivity contribution is 5.87. The molecular weight excluding hydrogens is 242 g/mol. The normalized spacial score (nSPS) is 10.4. The second-order valence-corrected chi connectivity index (χ2v) is 4.58. The highest BCUT2D eigenvalue weighted by Crippen LogP contribution is 2.02. The largest absolute Gasteiger partial charge is 0.353 e. The number of carbonyl (C=O) groups is 1. The molecule has 1 amide bonds. The summed E-state index contributed by atoms with van der Waals surface area (Å²) in [4.78, 5) is 19.6. The van der Waals surface area contributed by atoms with E-state index in [9.17, 15) is 4.79 Å². The molecule has 2 heterocycles. The molecule has 0 bridgehead atoms. The lowest BCUT2D eigenvalue weighted by Crippen LogP contribution is -2.22. The average Bonchev–Trinajstić information content (AvgIpc) is 2.81. The Balaban J connectivity index is 1.79. The van der Waals surface area contributed by atoms with Crippen molar-refractivity contribution in [3.05, 3.63) is 35.9 Å². The Bertz CT molecular complexity index is 598. The van der Waals surface area contributed by atoms with Crippen LogP contribution < -0.4 is 5.32 Å². The molecule has 0 aliphatic rings. The number of fused-ring (bicyclic) bond motifs is 1. The van der Waals surface area contributed by atoms with Gasteiger partial charge in [-0.05, 0) is 32.3 Å². The second-order valence-electron chi connectivity index (χ2n) is 4.58. The number of carbonyl (C=O) groups excluding carboxylic acids is 1. The molecule has 0 aliphatic carbocycles. The van der Waals surface area contributed by atoms with Gasteiger partial charge in [0.1, 0.15) is 6.33 Å². The predicted molar refractivity (Wildman–Crippen MR) is 71.5 cm³/mol. The van der Waals surface area contributed by atoms with Crippen LogP contribution in [0.2, 0.25) is 0 Å². The van der Waals surface area contributed by atoms with Crippen molar-refractivity contribution in [2.75, 3.05) is 6.54 Å². The van der Waals surface area contributed by atoms with E-state index >= 15 is 0 Å². The number of nitrogens with zero attached hydrogens (tertiary/aromatic N) is 4. The molecule has 6 heteroatoms. The van der Waals surface area contributed by atoms with Crippen molar-refractivity contribution in [2.24, 2.45) is 0 Å². The standard InChI is InChI=1S/C13H17N5O/c1-10(2)6-12(19)14-5-3-4-11-7-15-13-16-9-17-18(13)8-11/h6-9H,3-5H2,1-2H3,(H,14,19). The number of allylic oxidation sites excluding steroid dienone is 1. The maximum absolute atomic E-state index is 11.4. The van der Waals surface area contributed by atoms with Crippen LogP contribution in [0.25, 0.3) is 5.78 Å². The molecule has 0 aromatic carbocycles. The van der Waals surface area contributed by atoms with Crippen LogP contribution in [0, 0.1) is 0 Å². The van der Waals surface area contributed by atoms with Gasteiger partial charge in [-0.2, -0.15) is 10.1 Å². The fourth-order valence-electron chi connectivity index (χ4n) is 1.70. The molecule has 0 unspecified atom stereocenters. The molecule has 6 nitrogen and oxygen atoms in total. The van der Waals surface area contributed by atoms with Gasteiger partial charge in [0, 0.05) is 25.0 Å². The molecule has 1 N–H and O–H groups in total. The average molecular weight is 259 g/mol. The third kappa shape index (κ3) is 3.87. The minimum absolute atomic E-state index is 0.0372. The smallest absolute Gasteiger partial charge is 0.252 e. The van der Waals surface area contributed by atoms with Gasteiger partial charge in [-0.3, -0.25) is 4.79 Å². The van der Waals surface area contributed by atoms with E-state index in [1.807, 2.05) is 20.0 Å². The molecule has 0 saturated carbocycles. The first-order valence-electron chi connectivity index (χ1n) is 6.22. The molecule has 2 aromatic rings. The fourth-order valence-corrected chi connectivity index (χ4v) is 1.70. The zero-order valence-electron chi connectivity index (χ0n) is 11.1. The molecule has 0 radical (unpaired) electrons. The number of hydrogen-bond donors (Lipinski definition) is 1. The van der Waals surface area contributed by atoms with Gasteiger partial charge in [0.25, 0.3) is 5.78 Å². The summed E-state index contributed by atoms with van der Waals surface area (Å²) < 4.78 is 1.65. The monoisotopic (exact) mass is 259 g/mol. The number of nitrogens with one attached hydrogen (secondary N) is 1. The summed E-state index contributed by atoms with van der Waals surface area (Å²) in [6.45, 7) is 4.45. The molecule has 0 aliphatic heterocycles. The van der Waals surface area contributed by atoms with Gasteiger partial charge in [0.15, 0.2) is 0 Å². The molecular formula is C13H17N5O. The molecule has 0 spiro atoms. The lowest BCUT2D eigenvalue weighted by atomic mass is 10.2. The Kier molecular flexibility index (Phi) is 4.22. The van der Waals surface area contributed by atoms with Gasteiger partial charge in [0.2, 0.25) is 5.91 Å². The minimum atomic E-state index is -0.0372. The van der Waals surface area contributed by atoms with Crippen molar-refractivity contribution >= 4 is 11.7 Å². The van der Waals surface area contributed by atoms with Gasteiger partial charge in [-0.25, -0.2) is 9.50 Å². The molecule has 19 heavy (non-hydrogen) atoms. The van der Waals surface area contributed by atoms with Crippen LogP contribution in [0.4, 0.5) is 0 Å². The lowest BCUT2D eigenvalue weighted by Gasteiger charge is -2.03. The van der Waals surface area contributed by atoms with Crippen molar-refractivity contribution in [1.29, 1.82) is 0 Å². The van der Waals surface area contributed by atoms with Crippen molar-refractivity contribution in [1.82, 2.24) is 24.9 Å². The summed E-state index contributed by atoms with van der Waals surface area (Å²) >= 11 is 0. The summed E-state index contributed by atoms with van der Waals surface area (Å²) in [5, 5.41) is 6.88. The summed E-state index contributed by atoms with van der Waals surface area (Å²) in [5.74, 6) is 0.561. The van der Waals surface area contributed by atoms with Crippen LogP contribution in [-0.4, -0.2) is 32.0 Å². The Morgan fingerprint density at radius 1 is 1.42 bits per heavy atom. The Morgan fingerprint density at radius 2 is 2.26 bits per heavy atom. The zero-order chi connectivity index (χ0) is 13.7. The molecule has 0 fully saturated rings. The van der Waals surface area contributed by atoms with E-state index in [1.54, 1.807) is 16.8 Å². The summed E-state index contributed by atoms with van der Waals surface area (Å²) in [6.07, 6.45) is 8.49. The van der Waals surface area contributed by atoms with E-state index in [0.29, 0.717) is 12.3 Å². The Hall–Kier alpha value is -2.24. The van der Waals surface area contributed by atoms with Crippen LogP contribution in [0.15, 0.2) is 30.4 Å². The lowest BCUT2D eigenvalue weighted by molar-refractivity contribution is -0.116. The van der Waals surface area contributed by atoms with Crippen LogP contribution in [-0.2, 0) is 11.2 Å². The third-order valence-electron chi connectivity index (χ3n) is 2.55. The first-order valence-corrected chi connectivity index (χ1v) is 6.22. The van der Waals surface area contributed by atoms with Crippen molar-refractivity contribution in [3.63, 3.8) is 0 Å². The summed E-state index contributed by atoms with van der Waals surface area (Å²) in [7, 11) is 0. The zero-order valence-corrected chi connectivity index (χ0v) is 11.1. The van der Waals surface area contributed by atoms with Crippen LogP contribution in [0.5, 0.6) is 0 Å². The SMILES string of the molecule is CC(C)=CC(=O)NCCCc1cnc2ncnn2c1. The van der Waals surface area contributed by atoms with Gasteiger partial charge < -0.3 is 5.32 Å².